The number of carbonyl (C=O) groups excluding carboxylic acids is 2. The molecule has 0 fully saturated rings. The molecule has 34 heavy (non-hydrogen) atoms. The van der Waals surface area contributed by atoms with Crippen molar-refractivity contribution in [3.8, 4) is 5.75 Å². The fourth-order valence-electron chi connectivity index (χ4n) is 3.47. The molecular formula is C28H32N2O4. The maximum atomic E-state index is 12.8. The lowest BCUT2D eigenvalue weighted by Gasteiger charge is -2.19. The van der Waals surface area contributed by atoms with Crippen molar-refractivity contribution in [2.45, 2.75) is 38.8 Å². The van der Waals surface area contributed by atoms with Crippen molar-refractivity contribution in [2.24, 2.45) is 0 Å². The average molecular weight is 461 g/mol. The zero-order valence-corrected chi connectivity index (χ0v) is 19.5. The Kier molecular flexibility index (Phi) is 9.99. The first-order chi connectivity index (χ1) is 16.6. The molecule has 2 amide bonds. The summed E-state index contributed by atoms with van der Waals surface area (Å²) in [5, 5.41) is 5.55. The van der Waals surface area contributed by atoms with E-state index in [1.165, 1.54) is 5.56 Å². The van der Waals surface area contributed by atoms with Crippen LogP contribution in [0.3, 0.4) is 0 Å². The van der Waals surface area contributed by atoms with Gasteiger partial charge in [-0.05, 0) is 35.2 Å². The van der Waals surface area contributed by atoms with Gasteiger partial charge in [0.05, 0.1) is 6.54 Å². The first kappa shape index (κ1) is 24.8. The molecular weight excluding hydrogens is 428 g/mol. The molecule has 2 N–H and O–H groups in total. The number of hydrogen-bond donors (Lipinski definition) is 2. The van der Waals surface area contributed by atoms with E-state index in [2.05, 4.69) is 29.7 Å². The van der Waals surface area contributed by atoms with Gasteiger partial charge in [0.2, 0.25) is 5.91 Å². The van der Waals surface area contributed by atoms with E-state index < -0.39 is 12.1 Å². The van der Waals surface area contributed by atoms with Crippen LogP contribution in [0, 0.1) is 0 Å². The number of benzene rings is 3. The number of alkyl carbamates (subject to hydrolysis) is 1. The Bertz CT molecular complexity index is 1010. The standard InChI is InChI=1S/C28H32N2O4/c1-2-9-22-14-16-25(17-15-22)33-19-18-29-27(31)26(20-23-10-5-3-6-11-23)30-28(32)34-21-24-12-7-4-8-13-24/h3-8,10-17,26H,2,9,18-21H2,1H3,(H,29,31)(H,30,32). The summed E-state index contributed by atoms with van der Waals surface area (Å²) in [7, 11) is 0. The normalized spacial score (nSPS) is 11.3. The van der Waals surface area contributed by atoms with Crippen LogP contribution in [-0.2, 0) is 29.0 Å². The maximum absolute atomic E-state index is 12.8. The number of ether oxygens (including phenoxy) is 2. The van der Waals surface area contributed by atoms with Crippen molar-refractivity contribution >= 4 is 12.0 Å². The van der Waals surface area contributed by atoms with Gasteiger partial charge in [-0.1, -0.05) is 86.1 Å². The Balaban J connectivity index is 1.49. The van der Waals surface area contributed by atoms with Crippen molar-refractivity contribution < 1.29 is 19.1 Å². The highest BCUT2D eigenvalue weighted by Gasteiger charge is 2.22. The average Bonchev–Trinajstić information content (AvgIpc) is 2.87. The lowest BCUT2D eigenvalue weighted by molar-refractivity contribution is -0.123. The molecule has 0 aromatic heterocycles. The SMILES string of the molecule is CCCc1ccc(OCCNC(=O)C(Cc2ccccc2)NC(=O)OCc2ccccc2)cc1. The largest absolute Gasteiger partial charge is 0.492 e. The first-order valence-corrected chi connectivity index (χ1v) is 11.6. The summed E-state index contributed by atoms with van der Waals surface area (Å²) in [5.41, 5.74) is 3.09. The van der Waals surface area contributed by atoms with E-state index in [1.807, 2.05) is 72.8 Å². The number of amides is 2. The highest BCUT2D eigenvalue weighted by atomic mass is 16.5. The minimum atomic E-state index is -0.765. The molecule has 0 bridgehead atoms. The number of nitrogens with one attached hydrogen (secondary N) is 2. The van der Waals surface area contributed by atoms with Crippen LogP contribution in [0.4, 0.5) is 4.79 Å². The summed E-state index contributed by atoms with van der Waals surface area (Å²) in [6.45, 7) is 2.93. The molecule has 3 aromatic rings. The van der Waals surface area contributed by atoms with Crippen molar-refractivity contribution in [2.75, 3.05) is 13.2 Å². The predicted octanol–water partition coefficient (Wildman–Crippen LogP) is 4.67. The molecule has 0 heterocycles. The van der Waals surface area contributed by atoms with Crippen LogP contribution >= 0.6 is 0 Å². The van der Waals surface area contributed by atoms with E-state index in [4.69, 9.17) is 9.47 Å². The molecule has 178 valence electrons. The van der Waals surface area contributed by atoms with E-state index >= 15 is 0 Å². The molecule has 0 aliphatic heterocycles. The number of aryl methyl sites for hydroxylation is 1. The number of hydrogen-bond acceptors (Lipinski definition) is 4. The Labute approximate surface area is 201 Å². The van der Waals surface area contributed by atoms with Crippen LogP contribution in [0.5, 0.6) is 5.75 Å². The summed E-state index contributed by atoms with van der Waals surface area (Å²) in [6, 6.07) is 26.2. The molecule has 1 unspecified atom stereocenters. The van der Waals surface area contributed by atoms with E-state index in [0.717, 1.165) is 29.7 Å². The van der Waals surface area contributed by atoms with Crippen molar-refractivity contribution in [1.82, 2.24) is 10.6 Å². The smallest absolute Gasteiger partial charge is 0.408 e. The second-order valence-corrected chi connectivity index (χ2v) is 7.98. The van der Waals surface area contributed by atoms with E-state index in [1.54, 1.807) is 0 Å². The van der Waals surface area contributed by atoms with Gasteiger partial charge in [0, 0.05) is 6.42 Å². The molecule has 6 nitrogen and oxygen atoms in total. The lowest BCUT2D eigenvalue weighted by atomic mass is 10.1. The third-order valence-corrected chi connectivity index (χ3v) is 5.24. The number of rotatable bonds is 12. The van der Waals surface area contributed by atoms with Gasteiger partial charge in [0.25, 0.3) is 0 Å². The molecule has 0 aliphatic rings. The maximum Gasteiger partial charge on any atom is 0.408 e. The second-order valence-electron chi connectivity index (χ2n) is 7.98. The van der Waals surface area contributed by atoms with Crippen LogP contribution in [0.1, 0.15) is 30.0 Å². The van der Waals surface area contributed by atoms with Gasteiger partial charge in [0.15, 0.2) is 0 Å². The third kappa shape index (κ3) is 8.62. The highest BCUT2D eigenvalue weighted by Crippen LogP contribution is 2.13. The van der Waals surface area contributed by atoms with Gasteiger partial charge in [-0.25, -0.2) is 4.79 Å². The Morgan fingerprint density at radius 1 is 0.824 bits per heavy atom. The van der Waals surface area contributed by atoms with Crippen LogP contribution in [0.2, 0.25) is 0 Å². The molecule has 6 heteroatoms. The fraction of sp³-hybridized carbons (Fsp3) is 0.286. The summed E-state index contributed by atoms with van der Waals surface area (Å²) in [6.07, 6.45) is 1.86. The monoisotopic (exact) mass is 460 g/mol. The van der Waals surface area contributed by atoms with Crippen LogP contribution < -0.4 is 15.4 Å². The fourth-order valence-corrected chi connectivity index (χ4v) is 3.47. The van der Waals surface area contributed by atoms with Crippen molar-refractivity contribution in [1.29, 1.82) is 0 Å². The van der Waals surface area contributed by atoms with Gasteiger partial charge in [0.1, 0.15) is 25.0 Å². The van der Waals surface area contributed by atoms with Crippen molar-refractivity contribution in [3.05, 3.63) is 102 Å². The van der Waals surface area contributed by atoms with E-state index in [9.17, 15) is 9.59 Å². The molecule has 1 atom stereocenters. The van der Waals surface area contributed by atoms with Gasteiger partial charge >= 0.3 is 6.09 Å². The summed E-state index contributed by atoms with van der Waals surface area (Å²) < 4.78 is 11.0. The zero-order valence-electron chi connectivity index (χ0n) is 19.5. The van der Waals surface area contributed by atoms with Crippen LogP contribution in [0.15, 0.2) is 84.9 Å². The molecule has 0 spiro atoms. The summed E-state index contributed by atoms with van der Waals surface area (Å²) in [5.74, 6) is 0.472. The summed E-state index contributed by atoms with van der Waals surface area (Å²) in [4.78, 5) is 25.2. The van der Waals surface area contributed by atoms with Crippen LogP contribution in [0.25, 0.3) is 0 Å². The van der Waals surface area contributed by atoms with Gasteiger partial charge in [-0.2, -0.15) is 0 Å². The minimum absolute atomic E-state index is 0.136. The van der Waals surface area contributed by atoms with E-state index in [-0.39, 0.29) is 12.5 Å². The first-order valence-electron chi connectivity index (χ1n) is 11.6. The molecule has 3 rings (SSSR count). The van der Waals surface area contributed by atoms with Gasteiger partial charge in [-0.15, -0.1) is 0 Å². The van der Waals surface area contributed by atoms with E-state index in [0.29, 0.717) is 19.6 Å². The van der Waals surface area contributed by atoms with Crippen LogP contribution in [-0.4, -0.2) is 31.2 Å². The van der Waals surface area contributed by atoms with Gasteiger partial charge in [-0.3, -0.25) is 4.79 Å². The predicted molar refractivity (Wildman–Crippen MR) is 133 cm³/mol. The molecule has 0 aliphatic carbocycles. The van der Waals surface area contributed by atoms with Gasteiger partial charge < -0.3 is 20.1 Å². The Morgan fingerprint density at radius 2 is 1.47 bits per heavy atom. The second kappa shape index (κ2) is 13.7. The zero-order chi connectivity index (χ0) is 24.0. The quantitative estimate of drug-likeness (QED) is 0.385. The Morgan fingerprint density at radius 3 is 2.12 bits per heavy atom. The molecule has 0 radical (unpaired) electrons. The minimum Gasteiger partial charge on any atom is -0.492 e. The highest BCUT2D eigenvalue weighted by molar-refractivity contribution is 5.85. The molecule has 3 aromatic carbocycles. The summed E-state index contributed by atoms with van der Waals surface area (Å²) >= 11 is 0. The Hall–Kier alpha value is -3.80. The topological polar surface area (TPSA) is 76.7 Å². The molecule has 0 saturated carbocycles. The number of carbonyl (C=O) groups is 2. The molecule has 0 saturated heterocycles. The lowest BCUT2D eigenvalue weighted by Crippen LogP contribution is -2.48. The van der Waals surface area contributed by atoms with Crippen molar-refractivity contribution in [3.63, 3.8) is 0 Å². The third-order valence-electron chi connectivity index (χ3n) is 5.24.